The van der Waals surface area contributed by atoms with E-state index in [2.05, 4.69) is 32.6 Å². The molecule has 2 aliphatic rings. The van der Waals surface area contributed by atoms with Crippen molar-refractivity contribution in [3.63, 3.8) is 0 Å². The van der Waals surface area contributed by atoms with Gasteiger partial charge in [0.1, 0.15) is 0 Å². The minimum atomic E-state index is 0.514. The third kappa shape index (κ3) is 1.92. The molecule has 2 heterocycles. The average molecular weight is 223 g/mol. The molecule has 0 radical (unpaired) electrons. The van der Waals surface area contributed by atoms with Crippen molar-refractivity contribution in [2.45, 2.75) is 96.2 Å². The van der Waals surface area contributed by atoms with Crippen molar-refractivity contribution in [2.75, 3.05) is 0 Å². The fourth-order valence-electron chi connectivity index (χ4n) is 4.39. The Kier molecular flexibility index (Phi) is 3.36. The highest BCUT2D eigenvalue weighted by molar-refractivity contribution is 5.10. The number of unbranched alkanes of at least 4 members (excludes halogenated alkanes) is 2. The number of fused-ring (bicyclic) bond motifs is 1. The fourth-order valence-corrected chi connectivity index (χ4v) is 4.39. The van der Waals surface area contributed by atoms with Crippen molar-refractivity contribution in [1.82, 2.24) is 4.90 Å². The Morgan fingerprint density at radius 1 is 1.12 bits per heavy atom. The zero-order valence-corrected chi connectivity index (χ0v) is 11.7. The van der Waals surface area contributed by atoms with Crippen LogP contribution in [0.3, 0.4) is 0 Å². The monoisotopic (exact) mass is 223 g/mol. The molecule has 1 nitrogen and oxygen atoms in total. The van der Waals surface area contributed by atoms with Crippen LogP contribution in [-0.4, -0.2) is 22.0 Å². The summed E-state index contributed by atoms with van der Waals surface area (Å²) in [6.45, 7) is 9.77. The maximum Gasteiger partial charge on any atom is 0.0190 e. The molecule has 0 amide bonds. The van der Waals surface area contributed by atoms with Gasteiger partial charge in [0.2, 0.25) is 0 Å². The third-order valence-electron chi connectivity index (χ3n) is 5.23. The van der Waals surface area contributed by atoms with E-state index in [4.69, 9.17) is 0 Å². The molecule has 2 saturated heterocycles. The molecule has 0 N–H and O–H groups in total. The molecule has 0 bridgehead atoms. The molecular weight excluding hydrogens is 194 g/mol. The van der Waals surface area contributed by atoms with Gasteiger partial charge in [0.15, 0.2) is 0 Å². The summed E-state index contributed by atoms with van der Waals surface area (Å²) in [7, 11) is 0. The van der Waals surface area contributed by atoms with Crippen LogP contribution < -0.4 is 0 Å². The van der Waals surface area contributed by atoms with E-state index < -0.39 is 0 Å². The number of rotatable bonds is 4. The summed E-state index contributed by atoms with van der Waals surface area (Å²) in [6.07, 6.45) is 11.3. The standard InChI is InChI=1S/C15H29N/c1-5-6-7-9-14(3)11-12-15(4)10-8-13(2)16(14)15/h13H,5-12H2,1-4H3. The van der Waals surface area contributed by atoms with Gasteiger partial charge < -0.3 is 0 Å². The molecule has 2 aliphatic heterocycles. The lowest BCUT2D eigenvalue weighted by atomic mass is 9.90. The number of hydrogen-bond acceptors (Lipinski definition) is 1. The highest BCUT2D eigenvalue weighted by Crippen LogP contribution is 2.51. The minimum absolute atomic E-state index is 0.514. The van der Waals surface area contributed by atoms with Crippen LogP contribution in [0.4, 0.5) is 0 Å². The lowest BCUT2D eigenvalue weighted by Crippen LogP contribution is -2.50. The summed E-state index contributed by atoms with van der Waals surface area (Å²) in [5, 5.41) is 0. The summed E-state index contributed by atoms with van der Waals surface area (Å²) < 4.78 is 0. The Hall–Kier alpha value is -0.0400. The van der Waals surface area contributed by atoms with E-state index in [9.17, 15) is 0 Å². The van der Waals surface area contributed by atoms with Crippen LogP contribution in [-0.2, 0) is 0 Å². The second-order valence-corrected chi connectivity index (χ2v) is 6.71. The molecule has 0 saturated carbocycles. The van der Waals surface area contributed by atoms with Gasteiger partial charge >= 0.3 is 0 Å². The van der Waals surface area contributed by atoms with Crippen LogP contribution in [0.2, 0.25) is 0 Å². The van der Waals surface area contributed by atoms with E-state index in [0.29, 0.717) is 11.1 Å². The Bertz CT molecular complexity index is 250. The van der Waals surface area contributed by atoms with Gasteiger partial charge in [-0.2, -0.15) is 0 Å². The van der Waals surface area contributed by atoms with Crippen LogP contribution in [0.25, 0.3) is 0 Å². The highest BCUT2D eigenvalue weighted by atomic mass is 15.3. The smallest absolute Gasteiger partial charge is 0.0190 e. The quantitative estimate of drug-likeness (QED) is 0.640. The summed E-state index contributed by atoms with van der Waals surface area (Å²) in [6, 6.07) is 0.819. The largest absolute Gasteiger partial charge is 0.290 e. The van der Waals surface area contributed by atoms with Gasteiger partial charge in [0.25, 0.3) is 0 Å². The zero-order chi connectivity index (χ0) is 11.8. The molecule has 2 fully saturated rings. The van der Waals surface area contributed by atoms with E-state index in [1.165, 1.54) is 51.4 Å². The second kappa shape index (κ2) is 4.33. The lowest BCUT2D eigenvalue weighted by Gasteiger charge is -2.42. The molecule has 1 heteroatoms. The van der Waals surface area contributed by atoms with Gasteiger partial charge in [-0.3, -0.25) is 4.90 Å². The summed E-state index contributed by atoms with van der Waals surface area (Å²) >= 11 is 0. The van der Waals surface area contributed by atoms with Gasteiger partial charge in [0, 0.05) is 17.1 Å². The van der Waals surface area contributed by atoms with Crippen molar-refractivity contribution in [2.24, 2.45) is 0 Å². The predicted octanol–water partition coefficient (Wildman–Crippen LogP) is 4.36. The second-order valence-electron chi connectivity index (χ2n) is 6.71. The van der Waals surface area contributed by atoms with Gasteiger partial charge in [-0.05, 0) is 52.9 Å². The van der Waals surface area contributed by atoms with Crippen molar-refractivity contribution >= 4 is 0 Å². The average Bonchev–Trinajstić information content (AvgIpc) is 2.67. The van der Waals surface area contributed by atoms with Crippen molar-refractivity contribution < 1.29 is 0 Å². The Morgan fingerprint density at radius 2 is 1.88 bits per heavy atom. The zero-order valence-electron chi connectivity index (χ0n) is 11.7. The minimum Gasteiger partial charge on any atom is -0.290 e. The first-order valence-electron chi connectivity index (χ1n) is 7.31. The normalized spacial score (nSPS) is 43.9. The van der Waals surface area contributed by atoms with Crippen LogP contribution in [0.5, 0.6) is 0 Å². The number of hydrogen-bond donors (Lipinski definition) is 0. The van der Waals surface area contributed by atoms with Gasteiger partial charge in [0.05, 0.1) is 0 Å². The first-order chi connectivity index (χ1) is 7.52. The molecule has 0 spiro atoms. The van der Waals surface area contributed by atoms with E-state index in [1.54, 1.807) is 0 Å². The molecule has 16 heavy (non-hydrogen) atoms. The Balaban J connectivity index is 2.05. The third-order valence-corrected chi connectivity index (χ3v) is 5.23. The molecule has 94 valence electrons. The SMILES string of the molecule is CCCCCC1(C)CCC2(C)CCC(C)N12. The van der Waals surface area contributed by atoms with Crippen molar-refractivity contribution in [3.05, 3.63) is 0 Å². The Labute approximate surface area is 102 Å². The lowest BCUT2D eigenvalue weighted by molar-refractivity contribution is 0.0554. The highest BCUT2D eigenvalue weighted by Gasteiger charge is 2.54. The fraction of sp³-hybridized carbons (Fsp3) is 1.00. The predicted molar refractivity (Wildman–Crippen MR) is 70.7 cm³/mol. The van der Waals surface area contributed by atoms with Crippen molar-refractivity contribution in [3.8, 4) is 0 Å². The van der Waals surface area contributed by atoms with Gasteiger partial charge in [-0.25, -0.2) is 0 Å². The maximum atomic E-state index is 2.88. The maximum absolute atomic E-state index is 2.88. The van der Waals surface area contributed by atoms with E-state index >= 15 is 0 Å². The first kappa shape index (κ1) is 12.4. The first-order valence-corrected chi connectivity index (χ1v) is 7.31. The van der Waals surface area contributed by atoms with Crippen LogP contribution in [0.15, 0.2) is 0 Å². The summed E-state index contributed by atoms with van der Waals surface area (Å²) in [4.78, 5) is 2.88. The molecule has 0 aliphatic carbocycles. The number of nitrogens with zero attached hydrogens (tertiary/aromatic N) is 1. The van der Waals surface area contributed by atoms with E-state index in [-0.39, 0.29) is 0 Å². The molecule has 3 unspecified atom stereocenters. The van der Waals surface area contributed by atoms with E-state index in [0.717, 1.165) is 6.04 Å². The van der Waals surface area contributed by atoms with Crippen LogP contribution in [0, 0.1) is 0 Å². The molecule has 0 aromatic rings. The van der Waals surface area contributed by atoms with Gasteiger partial charge in [-0.1, -0.05) is 26.2 Å². The molecule has 3 atom stereocenters. The molecule has 0 aromatic heterocycles. The summed E-state index contributed by atoms with van der Waals surface area (Å²) in [5.74, 6) is 0. The van der Waals surface area contributed by atoms with E-state index in [1.807, 2.05) is 0 Å². The topological polar surface area (TPSA) is 3.24 Å². The van der Waals surface area contributed by atoms with Crippen molar-refractivity contribution in [1.29, 1.82) is 0 Å². The van der Waals surface area contributed by atoms with Gasteiger partial charge in [-0.15, -0.1) is 0 Å². The molecular formula is C15H29N. The summed E-state index contributed by atoms with van der Waals surface area (Å²) in [5.41, 5.74) is 1.06. The Morgan fingerprint density at radius 3 is 2.56 bits per heavy atom. The molecule has 0 aromatic carbocycles. The van der Waals surface area contributed by atoms with Crippen LogP contribution in [0.1, 0.15) is 79.1 Å². The van der Waals surface area contributed by atoms with Crippen LogP contribution >= 0.6 is 0 Å². The molecule has 2 rings (SSSR count).